The molecule has 174 valence electrons. The van der Waals surface area contributed by atoms with Crippen molar-refractivity contribution >= 4 is 27.5 Å². The van der Waals surface area contributed by atoms with Gasteiger partial charge in [-0.3, -0.25) is 9.36 Å². The third kappa shape index (κ3) is 5.17. The molecule has 4 rings (SSSR count). The van der Waals surface area contributed by atoms with E-state index in [1.165, 1.54) is 11.8 Å². The SMILES string of the molecule is Cc1cc(C)cc(-n2c(-c3ccccc3)cnc2SC(C)C(=O)N(C)C2CCS(=O)(=O)C2)c1. The summed E-state index contributed by atoms with van der Waals surface area (Å²) in [5.41, 5.74) is 5.31. The van der Waals surface area contributed by atoms with Crippen LogP contribution in [0.15, 0.2) is 59.9 Å². The van der Waals surface area contributed by atoms with Gasteiger partial charge in [0, 0.05) is 24.3 Å². The Morgan fingerprint density at radius 3 is 2.42 bits per heavy atom. The van der Waals surface area contributed by atoms with Gasteiger partial charge < -0.3 is 4.90 Å². The first kappa shape index (κ1) is 23.6. The number of hydrogen-bond acceptors (Lipinski definition) is 5. The molecule has 0 spiro atoms. The summed E-state index contributed by atoms with van der Waals surface area (Å²) >= 11 is 1.40. The average Bonchev–Trinajstić information content (AvgIpc) is 3.35. The molecule has 0 bridgehead atoms. The Balaban J connectivity index is 1.66. The van der Waals surface area contributed by atoms with Crippen molar-refractivity contribution in [3.63, 3.8) is 0 Å². The van der Waals surface area contributed by atoms with E-state index < -0.39 is 15.1 Å². The number of carbonyl (C=O) groups excluding carboxylic acids is 1. The number of sulfone groups is 1. The molecule has 1 aliphatic rings. The maximum Gasteiger partial charge on any atom is 0.235 e. The molecule has 2 atom stereocenters. The molecular weight excluding hydrogens is 454 g/mol. The summed E-state index contributed by atoms with van der Waals surface area (Å²) in [4.78, 5) is 19.4. The van der Waals surface area contributed by atoms with E-state index in [0.29, 0.717) is 6.42 Å². The number of benzene rings is 2. The first-order valence-electron chi connectivity index (χ1n) is 11.0. The third-order valence-corrected chi connectivity index (χ3v) is 8.80. The van der Waals surface area contributed by atoms with Crippen LogP contribution in [0.25, 0.3) is 16.9 Å². The molecule has 8 heteroatoms. The molecular formula is C25H29N3O3S2. The van der Waals surface area contributed by atoms with Crippen molar-refractivity contribution in [1.82, 2.24) is 14.5 Å². The highest BCUT2D eigenvalue weighted by atomic mass is 32.2. The van der Waals surface area contributed by atoms with Crippen LogP contribution in [0.5, 0.6) is 0 Å². The normalized spacial score (nSPS) is 18.2. The van der Waals surface area contributed by atoms with E-state index >= 15 is 0 Å². The highest BCUT2D eigenvalue weighted by Crippen LogP contribution is 2.33. The Morgan fingerprint density at radius 1 is 1.15 bits per heavy atom. The quantitative estimate of drug-likeness (QED) is 0.489. The number of rotatable bonds is 6. The molecule has 33 heavy (non-hydrogen) atoms. The molecule has 1 amide bonds. The van der Waals surface area contributed by atoms with Gasteiger partial charge in [-0.25, -0.2) is 13.4 Å². The van der Waals surface area contributed by atoms with Gasteiger partial charge in [-0.15, -0.1) is 0 Å². The molecule has 1 aliphatic heterocycles. The minimum absolute atomic E-state index is 0.0436. The molecule has 1 aromatic heterocycles. The van der Waals surface area contributed by atoms with Crippen LogP contribution >= 0.6 is 11.8 Å². The molecule has 0 aliphatic carbocycles. The molecule has 1 saturated heterocycles. The minimum Gasteiger partial charge on any atom is -0.341 e. The largest absolute Gasteiger partial charge is 0.341 e. The fourth-order valence-electron chi connectivity index (χ4n) is 4.32. The number of imidazole rings is 1. The number of nitrogens with zero attached hydrogens (tertiary/aromatic N) is 3. The standard InChI is InChI=1S/C25H29N3O3S2/c1-17-12-18(2)14-22(13-17)28-23(20-8-6-5-7-9-20)15-26-25(28)32-19(3)24(29)27(4)21-10-11-33(30,31)16-21/h5-9,12-15,19,21H,10-11,16H2,1-4H3. The first-order valence-corrected chi connectivity index (χ1v) is 13.7. The number of thioether (sulfide) groups is 1. The highest BCUT2D eigenvalue weighted by Gasteiger charge is 2.34. The van der Waals surface area contributed by atoms with Crippen LogP contribution in [-0.2, 0) is 14.6 Å². The Labute approximate surface area is 199 Å². The molecule has 1 fully saturated rings. The number of amides is 1. The highest BCUT2D eigenvalue weighted by molar-refractivity contribution is 8.00. The smallest absolute Gasteiger partial charge is 0.235 e. The van der Waals surface area contributed by atoms with Gasteiger partial charge in [0.2, 0.25) is 5.91 Å². The van der Waals surface area contributed by atoms with E-state index in [2.05, 4.69) is 41.6 Å². The van der Waals surface area contributed by atoms with E-state index in [0.717, 1.165) is 33.2 Å². The van der Waals surface area contributed by atoms with Crippen LogP contribution in [-0.4, -0.2) is 58.6 Å². The lowest BCUT2D eigenvalue weighted by molar-refractivity contribution is -0.130. The molecule has 6 nitrogen and oxygen atoms in total. The average molecular weight is 484 g/mol. The Hall–Kier alpha value is -2.58. The van der Waals surface area contributed by atoms with Crippen molar-refractivity contribution in [2.24, 2.45) is 0 Å². The number of aryl methyl sites for hydroxylation is 2. The maximum atomic E-state index is 13.2. The molecule has 2 heterocycles. The van der Waals surface area contributed by atoms with Crippen LogP contribution in [0.1, 0.15) is 24.5 Å². The summed E-state index contributed by atoms with van der Waals surface area (Å²) in [6.45, 7) is 5.99. The van der Waals surface area contributed by atoms with Gasteiger partial charge >= 0.3 is 0 Å². The van der Waals surface area contributed by atoms with Crippen molar-refractivity contribution in [2.45, 2.75) is 43.6 Å². The van der Waals surface area contributed by atoms with Gasteiger partial charge in [-0.05, 0) is 50.5 Å². The first-order chi connectivity index (χ1) is 15.6. The van der Waals surface area contributed by atoms with Crippen LogP contribution in [0.4, 0.5) is 0 Å². The molecule has 0 saturated carbocycles. The van der Waals surface area contributed by atoms with Gasteiger partial charge in [0.15, 0.2) is 15.0 Å². The Morgan fingerprint density at radius 2 is 1.82 bits per heavy atom. The van der Waals surface area contributed by atoms with Crippen LogP contribution in [0.3, 0.4) is 0 Å². The second-order valence-electron chi connectivity index (χ2n) is 8.74. The summed E-state index contributed by atoms with van der Waals surface area (Å²) in [5, 5.41) is 0.320. The van der Waals surface area contributed by atoms with Crippen LogP contribution in [0.2, 0.25) is 0 Å². The van der Waals surface area contributed by atoms with Crippen molar-refractivity contribution in [3.8, 4) is 16.9 Å². The number of aromatic nitrogens is 2. The fraction of sp³-hybridized carbons (Fsp3) is 0.360. The zero-order chi connectivity index (χ0) is 23.8. The predicted molar refractivity (Wildman–Crippen MR) is 134 cm³/mol. The third-order valence-electron chi connectivity index (χ3n) is 6.00. The molecule has 0 N–H and O–H groups in total. The van der Waals surface area contributed by atoms with E-state index in [1.807, 2.05) is 43.5 Å². The van der Waals surface area contributed by atoms with Gasteiger partial charge in [0.25, 0.3) is 0 Å². The number of carbonyl (C=O) groups is 1. The second-order valence-corrected chi connectivity index (χ2v) is 12.3. The molecule has 0 radical (unpaired) electrons. The summed E-state index contributed by atoms with van der Waals surface area (Å²) in [6, 6.07) is 16.2. The monoisotopic (exact) mass is 483 g/mol. The zero-order valence-corrected chi connectivity index (χ0v) is 21.0. The zero-order valence-electron chi connectivity index (χ0n) is 19.4. The van der Waals surface area contributed by atoms with Gasteiger partial charge in [0.05, 0.1) is 28.6 Å². The van der Waals surface area contributed by atoms with E-state index in [1.54, 1.807) is 11.9 Å². The van der Waals surface area contributed by atoms with Crippen molar-refractivity contribution in [2.75, 3.05) is 18.6 Å². The Bertz CT molecular complexity index is 1250. The summed E-state index contributed by atoms with van der Waals surface area (Å²) in [6.07, 6.45) is 2.34. The molecule has 2 aromatic carbocycles. The molecule has 2 unspecified atom stereocenters. The van der Waals surface area contributed by atoms with Gasteiger partial charge in [-0.2, -0.15) is 0 Å². The van der Waals surface area contributed by atoms with Gasteiger partial charge in [0.1, 0.15) is 0 Å². The van der Waals surface area contributed by atoms with E-state index in [-0.39, 0.29) is 23.5 Å². The summed E-state index contributed by atoms with van der Waals surface area (Å²) < 4.78 is 25.8. The van der Waals surface area contributed by atoms with Crippen molar-refractivity contribution in [1.29, 1.82) is 0 Å². The topological polar surface area (TPSA) is 72.3 Å². The lowest BCUT2D eigenvalue weighted by Gasteiger charge is -2.26. The predicted octanol–water partition coefficient (Wildman–Crippen LogP) is 4.28. The minimum atomic E-state index is -3.05. The van der Waals surface area contributed by atoms with E-state index in [9.17, 15) is 13.2 Å². The molecule has 3 aromatic rings. The summed E-state index contributed by atoms with van der Waals surface area (Å²) in [5.74, 6) is 0.106. The maximum absolute atomic E-state index is 13.2. The second kappa shape index (κ2) is 9.35. The summed E-state index contributed by atoms with van der Waals surface area (Å²) in [7, 11) is -1.35. The van der Waals surface area contributed by atoms with Gasteiger partial charge in [-0.1, -0.05) is 48.2 Å². The Kier molecular flexibility index (Phi) is 6.68. The fourth-order valence-corrected chi connectivity index (χ4v) is 7.10. The van der Waals surface area contributed by atoms with Crippen molar-refractivity contribution < 1.29 is 13.2 Å². The van der Waals surface area contributed by atoms with E-state index in [4.69, 9.17) is 0 Å². The van der Waals surface area contributed by atoms with Crippen LogP contribution < -0.4 is 0 Å². The van der Waals surface area contributed by atoms with Crippen molar-refractivity contribution in [3.05, 3.63) is 65.9 Å². The number of hydrogen-bond donors (Lipinski definition) is 0. The lowest BCUT2D eigenvalue weighted by atomic mass is 10.1. The lowest BCUT2D eigenvalue weighted by Crippen LogP contribution is -2.41. The van der Waals surface area contributed by atoms with Crippen LogP contribution in [0, 0.1) is 13.8 Å².